The number of hydrogen-bond acceptors (Lipinski definition) is 3. The predicted octanol–water partition coefficient (Wildman–Crippen LogP) is 2.94. The van der Waals surface area contributed by atoms with Crippen molar-refractivity contribution in [3.63, 3.8) is 0 Å². The lowest BCUT2D eigenvalue weighted by atomic mass is 9.98. The molecule has 2 aliphatic heterocycles. The van der Waals surface area contributed by atoms with E-state index in [0.29, 0.717) is 6.61 Å². The van der Waals surface area contributed by atoms with Crippen molar-refractivity contribution in [2.45, 2.75) is 26.2 Å². The molecule has 18 heavy (non-hydrogen) atoms. The number of pyridine rings is 1. The summed E-state index contributed by atoms with van der Waals surface area (Å²) in [5.41, 5.74) is 2.63. The molecule has 0 aliphatic carbocycles. The first-order valence-corrected chi connectivity index (χ1v) is 6.88. The molecule has 2 fully saturated rings. The van der Waals surface area contributed by atoms with Gasteiger partial charge in [0.25, 0.3) is 0 Å². The number of fused-ring (bicyclic) bond motifs is 2. The molecular weight excluding hydrogens is 224 g/mol. The molecule has 0 N–H and O–H groups in total. The number of aromatic nitrogens is 1. The average molecular weight is 244 g/mol. The van der Waals surface area contributed by atoms with Gasteiger partial charge in [-0.15, -0.1) is 0 Å². The molecule has 0 saturated carbocycles. The van der Waals surface area contributed by atoms with E-state index in [1.165, 1.54) is 38.0 Å². The van der Waals surface area contributed by atoms with Crippen LogP contribution >= 0.6 is 0 Å². The minimum atomic E-state index is 0.690. The maximum Gasteiger partial charge on any atom is 0.138 e. The summed E-state index contributed by atoms with van der Waals surface area (Å²) in [5.74, 6) is 1.80. The highest BCUT2D eigenvalue weighted by atomic mass is 16.5. The molecule has 0 radical (unpaired) electrons. The van der Waals surface area contributed by atoms with E-state index in [-0.39, 0.29) is 0 Å². The molecule has 3 heterocycles. The molecule has 1 aromatic rings. The predicted molar refractivity (Wildman–Crippen MR) is 72.3 cm³/mol. The van der Waals surface area contributed by atoms with Gasteiger partial charge in [-0.2, -0.15) is 0 Å². The van der Waals surface area contributed by atoms with Crippen molar-refractivity contribution in [3.05, 3.63) is 29.7 Å². The van der Waals surface area contributed by atoms with Crippen molar-refractivity contribution in [2.24, 2.45) is 5.92 Å². The topological polar surface area (TPSA) is 25.4 Å². The third-order valence-corrected chi connectivity index (χ3v) is 3.88. The quantitative estimate of drug-likeness (QED) is 0.817. The van der Waals surface area contributed by atoms with Crippen LogP contribution in [0.1, 0.15) is 31.7 Å². The molecule has 1 atom stereocenters. The summed E-state index contributed by atoms with van der Waals surface area (Å²) in [6.45, 7) is 5.17. The summed E-state index contributed by atoms with van der Waals surface area (Å²) in [6.07, 6.45) is 9.89. The molecule has 2 aliphatic rings. The van der Waals surface area contributed by atoms with Crippen molar-refractivity contribution in [1.29, 1.82) is 0 Å². The summed E-state index contributed by atoms with van der Waals surface area (Å²) >= 11 is 0. The Labute approximate surface area is 108 Å². The number of hydrogen-bond donors (Lipinski definition) is 0. The Bertz CT molecular complexity index is 456. The Kier molecular flexibility index (Phi) is 3.22. The lowest BCUT2D eigenvalue weighted by Crippen LogP contribution is -2.24. The third kappa shape index (κ3) is 2.35. The van der Waals surface area contributed by atoms with Gasteiger partial charge in [0.2, 0.25) is 0 Å². The van der Waals surface area contributed by atoms with Gasteiger partial charge in [-0.1, -0.05) is 0 Å². The van der Waals surface area contributed by atoms with Gasteiger partial charge < -0.3 is 9.64 Å². The van der Waals surface area contributed by atoms with Gasteiger partial charge in [0, 0.05) is 25.0 Å². The Hall–Kier alpha value is -1.51. The van der Waals surface area contributed by atoms with Crippen LogP contribution in [0.3, 0.4) is 0 Å². The highest BCUT2D eigenvalue weighted by Gasteiger charge is 2.28. The van der Waals surface area contributed by atoms with Gasteiger partial charge in [-0.05, 0) is 49.8 Å². The molecule has 0 aromatic carbocycles. The van der Waals surface area contributed by atoms with E-state index in [1.807, 2.05) is 13.1 Å². The van der Waals surface area contributed by atoms with E-state index in [9.17, 15) is 0 Å². The molecule has 0 spiro atoms. The van der Waals surface area contributed by atoms with Crippen LogP contribution in [0.15, 0.2) is 24.2 Å². The zero-order valence-electron chi connectivity index (χ0n) is 10.9. The molecule has 2 saturated heterocycles. The number of rotatable bonds is 3. The van der Waals surface area contributed by atoms with Gasteiger partial charge in [-0.3, -0.25) is 4.98 Å². The lowest BCUT2D eigenvalue weighted by molar-refractivity contribution is 0.337. The van der Waals surface area contributed by atoms with E-state index < -0.39 is 0 Å². The smallest absolute Gasteiger partial charge is 0.138 e. The van der Waals surface area contributed by atoms with E-state index in [2.05, 4.69) is 22.0 Å². The van der Waals surface area contributed by atoms with Gasteiger partial charge in [0.1, 0.15) is 5.75 Å². The summed E-state index contributed by atoms with van der Waals surface area (Å²) in [7, 11) is 0. The average Bonchev–Trinajstić information content (AvgIpc) is 2.77. The van der Waals surface area contributed by atoms with Crippen LogP contribution in [0.4, 0.5) is 0 Å². The van der Waals surface area contributed by atoms with Crippen LogP contribution in [0, 0.1) is 5.92 Å². The first-order chi connectivity index (χ1) is 8.85. The molecule has 96 valence electrons. The Morgan fingerprint density at radius 1 is 1.44 bits per heavy atom. The SMILES string of the molecule is CCOc1cncc(C=C2CCC3CCN2C3)c1. The highest BCUT2D eigenvalue weighted by molar-refractivity contribution is 5.53. The second kappa shape index (κ2) is 5.01. The molecule has 3 rings (SSSR count). The van der Waals surface area contributed by atoms with Crippen molar-refractivity contribution in [3.8, 4) is 5.75 Å². The van der Waals surface area contributed by atoms with E-state index in [1.54, 1.807) is 6.20 Å². The second-order valence-electron chi connectivity index (χ2n) is 5.16. The van der Waals surface area contributed by atoms with E-state index >= 15 is 0 Å². The summed E-state index contributed by atoms with van der Waals surface area (Å²) in [5, 5.41) is 0. The maximum absolute atomic E-state index is 5.49. The van der Waals surface area contributed by atoms with Crippen LogP contribution < -0.4 is 4.74 Å². The number of nitrogens with zero attached hydrogens (tertiary/aromatic N) is 2. The second-order valence-corrected chi connectivity index (χ2v) is 5.16. The summed E-state index contributed by atoms with van der Waals surface area (Å²) < 4.78 is 5.49. The third-order valence-electron chi connectivity index (χ3n) is 3.88. The Balaban J connectivity index is 1.80. The fraction of sp³-hybridized carbons (Fsp3) is 0.533. The van der Waals surface area contributed by atoms with Gasteiger partial charge in [0.05, 0.1) is 12.8 Å². The monoisotopic (exact) mass is 244 g/mol. The van der Waals surface area contributed by atoms with Crippen LogP contribution in [-0.4, -0.2) is 29.6 Å². The fourth-order valence-electron chi connectivity index (χ4n) is 2.96. The van der Waals surface area contributed by atoms with Crippen LogP contribution in [-0.2, 0) is 0 Å². The maximum atomic E-state index is 5.49. The zero-order valence-corrected chi connectivity index (χ0v) is 10.9. The van der Waals surface area contributed by atoms with E-state index in [0.717, 1.165) is 17.2 Å². The van der Waals surface area contributed by atoms with Gasteiger partial charge in [-0.25, -0.2) is 0 Å². The molecule has 1 aromatic heterocycles. The first-order valence-electron chi connectivity index (χ1n) is 6.88. The largest absolute Gasteiger partial charge is 0.492 e. The van der Waals surface area contributed by atoms with Crippen molar-refractivity contribution < 1.29 is 4.74 Å². The number of allylic oxidation sites excluding steroid dienone is 1. The molecule has 0 amide bonds. The summed E-state index contributed by atoms with van der Waals surface area (Å²) in [4.78, 5) is 6.77. The zero-order chi connectivity index (χ0) is 12.4. The molecule has 1 unspecified atom stereocenters. The number of piperidine rings is 1. The first kappa shape index (κ1) is 11.6. The van der Waals surface area contributed by atoms with Gasteiger partial charge >= 0.3 is 0 Å². The molecule has 3 heteroatoms. The molecular formula is C15H20N2O. The minimum Gasteiger partial charge on any atom is -0.492 e. The lowest BCUT2D eigenvalue weighted by Gasteiger charge is -2.27. The standard InChI is InChI=1S/C15H20N2O/c1-2-18-15-8-13(9-16-10-15)7-14-4-3-12-5-6-17(14)11-12/h7-10,12H,2-6,11H2,1H3. The molecule has 2 bridgehead atoms. The Morgan fingerprint density at radius 2 is 2.39 bits per heavy atom. The minimum absolute atomic E-state index is 0.690. The van der Waals surface area contributed by atoms with Crippen molar-refractivity contribution in [1.82, 2.24) is 9.88 Å². The van der Waals surface area contributed by atoms with Crippen LogP contribution in [0.25, 0.3) is 6.08 Å². The van der Waals surface area contributed by atoms with Crippen molar-refractivity contribution in [2.75, 3.05) is 19.7 Å². The highest BCUT2D eigenvalue weighted by Crippen LogP contribution is 2.34. The normalized spacial score (nSPS) is 24.6. The Morgan fingerprint density at radius 3 is 3.28 bits per heavy atom. The van der Waals surface area contributed by atoms with Gasteiger partial charge in [0.15, 0.2) is 0 Å². The van der Waals surface area contributed by atoms with Crippen LogP contribution in [0.2, 0.25) is 0 Å². The fourth-order valence-corrected chi connectivity index (χ4v) is 2.96. The molecule has 3 nitrogen and oxygen atoms in total. The van der Waals surface area contributed by atoms with Crippen LogP contribution in [0.5, 0.6) is 5.75 Å². The van der Waals surface area contributed by atoms with Crippen molar-refractivity contribution >= 4 is 6.08 Å². The number of ether oxygens (including phenoxy) is 1. The summed E-state index contributed by atoms with van der Waals surface area (Å²) in [6, 6.07) is 2.08. The van der Waals surface area contributed by atoms with E-state index in [4.69, 9.17) is 4.74 Å².